The molecule has 5 nitrogen and oxygen atoms in total. The highest BCUT2D eigenvalue weighted by atomic mass is 35.5. The number of benzene rings is 2. The second kappa shape index (κ2) is 7.42. The molecule has 1 aromatic heterocycles. The Bertz CT molecular complexity index is 907. The highest BCUT2D eigenvalue weighted by molar-refractivity contribution is 6.44. The number of furan rings is 1. The molecule has 3 rings (SSSR count). The van der Waals surface area contributed by atoms with Gasteiger partial charge in [-0.05, 0) is 48.5 Å². The van der Waals surface area contributed by atoms with Crippen LogP contribution in [0.5, 0.6) is 0 Å². The van der Waals surface area contributed by atoms with E-state index in [1.807, 2.05) is 0 Å². The molecule has 0 fully saturated rings. The fourth-order valence-corrected chi connectivity index (χ4v) is 2.50. The van der Waals surface area contributed by atoms with Crippen LogP contribution in [-0.4, -0.2) is 11.8 Å². The smallest absolute Gasteiger partial charge is 0.291 e. The highest BCUT2D eigenvalue weighted by Crippen LogP contribution is 2.26. The fourth-order valence-electron chi connectivity index (χ4n) is 2.11. The first-order chi connectivity index (χ1) is 12.0. The van der Waals surface area contributed by atoms with Gasteiger partial charge in [-0.15, -0.1) is 0 Å². The van der Waals surface area contributed by atoms with Gasteiger partial charge in [-0.3, -0.25) is 9.59 Å². The molecule has 0 bridgehead atoms. The number of rotatable bonds is 4. The molecule has 0 unspecified atom stereocenters. The van der Waals surface area contributed by atoms with Gasteiger partial charge in [0, 0.05) is 11.4 Å². The van der Waals surface area contributed by atoms with Gasteiger partial charge in [-0.25, -0.2) is 0 Å². The first-order valence-corrected chi connectivity index (χ1v) is 8.00. The van der Waals surface area contributed by atoms with Crippen molar-refractivity contribution in [2.75, 3.05) is 10.6 Å². The molecule has 25 heavy (non-hydrogen) atoms. The molecule has 2 N–H and O–H groups in total. The summed E-state index contributed by atoms with van der Waals surface area (Å²) in [4.78, 5) is 24.2. The molecule has 0 aliphatic heterocycles. The van der Waals surface area contributed by atoms with Gasteiger partial charge in [0.05, 0.1) is 21.9 Å². The molecular weight excluding hydrogens is 363 g/mol. The van der Waals surface area contributed by atoms with Crippen molar-refractivity contribution in [2.24, 2.45) is 0 Å². The molecule has 2 amide bonds. The molecule has 126 valence electrons. The van der Waals surface area contributed by atoms with Gasteiger partial charge >= 0.3 is 0 Å². The van der Waals surface area contributed by atoms with Gasteiger partial charge in [0.25, 0.3) is 11.8 Å². The van der Waals surface area contributed by atoms with Gasteiger partial charge in [0.2, 0.25) is 0 Å². The summed E-state index contributed by atoms with van der Waals surface area (Å²) >= 11 is 11.9. The summed E-state index contributed by atoms with van der Waals surface area (Å²) in [5, 5.41) is 5.92. The van der Waals surface area contributed by atoms with E-state index >= 15 is 0 Å². The van der Waals surface area contributed by atoms with Crippen molar-refractivity contribution >= 4 is 46.4 Å². The van der Waals surface area contributed by atoms with Crippen LogP contribution in [0.2, 0.25) is 10.0 Å². The SMILES string of the molecule is O=C(Nc1ccc(NC(=O)c2cccc(Cl)c2Cl)cc1)c1ccco1. The Morgan fingerprint density at radius 3 is 2.04 bits per heavy atom. The fraction of sp³-hybridized carbons (Fsp3) is 0. The van der Waals surface area contributed by atoms with Crippen molar-refractivity contribution in [3.8, 4) is 0 Å². The molecule has 0 atom stereocenters. The summed E-state index contributed by atoms with van der Waals surface area (Å²) in [6.07, 6.45) is 1.43. The highest BCUT2D eigenvalue weighted by Gasteiger charge is 2.13. The number of anilines is 2. The number of hydrogen-bond acceptors (Lipinski definition) is 3. The maximum atomic E-state index is 12.3. The number of amides is 2. The summed E-state index contributed by atoms with van der Waals surface area (Å²) < 4.78 is 5.02. The summed E-state index contributed by atoms with van der Waals surface area (Å²) in [6.45, 7) is 0. The summed E-state index contributed by atoms with van der Waals surface area (Å²) in [5.74, 6) is -0.514. The summed E-state index contributed by atoms with van der Waals surface area (Å²) in [6, 6.07) is 14.7. The zero-order chi connectivity index (χ0) is 17.8. The lowest BCUT2D eigenvalue weighted by Gasteiger charge is -2.09. The van der Waals surface area contributed by atoms with Crippen LogP contribution >= 0.6 is 23.2 Å². The van der Waals surface area contributed by atoms with E-state index in [2.05, 4.69) is 10.6 Å². The minimum Gasteiger partial charge on any atom is -0.459 e. The molecule has 2 aromatic carbocycles. The van der Waals surface area contributed by atoms with E-state index in [4.69, 9.17) is 27.6 Å². The normalized spacial score (nSPS) is 10.3. The van der Waals surface area contributed by atoms with Crippen LogP contribution in [0.1, 0.15) is 20.9 Å². The topological polar surface area (TPSA) is 71.3 Å². The third-order valence-corrected chi connectivity index (χ3v) is 4.16. The van der Waals surface area contributed by atoms with Crippen molar-refractivity contribution in [3.05, 3.63) is 82.2 Å². The molecular formula is C18H12Cl2N2O3. The van der Waals surface area contributed by atoms with Crippen molar-refractivity contribution in [1.29, 1.82) is 0 Å². The van der Waals surface area contributed by atoms with Crippen molar-refractivity contribution < 1.29 is 14.0 Å². The summed E-state index contributed by atoms with van der Waals surface area (Å²) in [5.41, 5.74) is 1.40. The lowest BCUT2D eigenvalue weighted by Crippen LogP contribution is -2.13. The van der Waals surface area contributed by atoms with Crippen LogP contribution < -0.4 is 10.6 Å². The first-order valence-electron chi connectivity index (χ1n) is 7.25. The van der Waals surface area contributed by atoms with Gasteiger partial charge in [0.15, 0.2) is 5.76 Å². The standard InChI is InChI=1S/C18H12Cl2N2O3/c19-14-4-1-3-13(16(14)20)17(23)21-11-6-8-12(9-7-11)22-18(24)15-5-2-10-25-15/h1-10H,(H,21,23)(H,22,24). The van der Waals surface area contributed by atoms with Crippen LogP contribution in [0.4, 0.5) is 11.4 Å². The largest absolute Gasteiger partial charge is 0.459 e. The quantitative estimate of drug-likeness (QED) is 0.667. The average Bonchev–Trinajstić information content (AvgIpc) is 3.14. The van der Waals surface area contributed by atoms with Gasteiger partial charge < -0.3 is 15.1 Å². The zero-order valence-electron chi connectivity index (χ0n) is 12.8. The maximum Gasteiger partial charge on any atom is 0.291 e. The Kier molecular flexibility index (Phi) is 5.07. The second-order valence-electron chi connectivity index (χ2n) is 5.06. The third kappa shape index (κ3) is 4.02. The van der Waals surface area contributed by atoms with Gasteiger partial charge in [0.1, 0.15) is 0 Å². The maximum absolute atomic E-state index is 12.3. The summed E-state index contributed by atoms with van der Waals surface area (Å²) in [7, 11) is 0. The number of nitrogens with one attached hydrogen (secondary N) is 2. The zero-order valence-corrected chi connectivity index (χ0v) is 14.3. The van der Waals surface area contributed by atoms with Crippen molar-refractivity contribution in [3.63, 3.8) is 0 Å². The molecule has 3 aromatic rings. The predicted molar refractivity (Wildman–Crippen MR) is 97.5 cm³/mol. The van der Waals surface area contributed by atoms with E-state index in [0.717, 1.165) is 0 Å². The van der Waals surface area contributed by atoms with E-state index in [-0.39, 0.29) is 28.2 Å². The van der Waals surface area contributed by atoms with E-state index < -0.39 is 0 Å². The lowest BCUT2D eigenvalue weighted by molar-refractivity contribution is 0.0994. The van der Waals surface area contributed by atoms with Crippen LogP contribution in [0.25, 0.3) is 0 Å². The van der Waals surface area contributed by atoms with Crippen molar-refractivity contribution in [2.45, 2.75) is 0 Å². The Labute approximate surface area is 153 Å². The van der Waals surface area contributed by atoms with Gasteiger partial charge in [-0.1, -0.05) is 29.3 Å². The van der Waals surface area contributed by atoms with Crippen LogP contribution in [0.3, 0.4) is 0 Å². The van der Waals surface area contributed by atoms with E-state index in [1.54, 1.807) is 54.6 Å². The van der Waals surface area contributed by atoms with Crippen LogP contribution in [-0.2, 0) is 0 Å². The minimum atomic E-state index is -0.375. The Morgan fingerprint density at radius 2 is 1.44 bits per heavy atom. The third-order valence-electron chi connectivity index (χ3n) is 3.34. The van der Waals surface area contributed by atoms with Crippen LogP contribution in [0.15, 0.2) is 65.3 Å². The van der Waals surface area contributed by atoms with Crippen molar-refractivity contribution in [1.82, 2.24) is 0 Å². The molecule has 0 aliphatic carbocycles. The second-order valence-corrected chi connectivity index (χ2v) is 5.85. The van der Waals surface area contributed by atoms with E-state index in [9.17, 15) is 9.59 Å². The van der Waals surface area contributed by atoms with Gasteiger partial charge in [-0.2, -0.15) is 0 Å². The average molecular weight is 375 g/mol. The molecule has 7 heteroatoms. The number of halogens is 2. The molecule has 0 saturated heterocycles. The minimum absolute atomic E-state index is 0.198. The number of carbonyl (C=O) groups excluding carboxylic acids is 2. The Balaban J connectivity index is 1.67. The molecule has 1 heterocycles. The lowest BCUT2D eigenvalue weighted by atomic mass is 10.2. The monoisotopic (exact) mass is 374 g/mol. The number of hydrogen-bond donors (Lipinski definition) is 2. The first kappa shape index (κ1) is 17.1. The Morgan fingerprint density at radius 1 is 0.800 bits per heavy atom. The predicted octanol–water partition coefficient (Wildman–Crippen LogP) is 5.09. The molecule has 0 saturated carbocycles. The molecule has 0 radical (unpaired) electrons. The van der Waals surface area contributed by atoms with E-state index in [0.29, 0.717) is 16.4 Å². The molecule has 0 aliphatic rings. The molecule has 0 spiro atoms. The Hall–Kier alpha value is -2.76. The number of carbonyl (C=O) groups is 2. The van der Waals surface area contributed by atoms with Crippen LogP contribution in [0, 0.1) is 0 Å². The van der Waals surface area contributed by atoms with E-state index in [1.165, 1.54) is 6.26 Å².